The lowest BCUT2D eigenvalue weighted by Gasteiger charge is -1.90. The van der Waals surface area contributed by atoms with Gasteiger partial charge in [0.15, 0.2) is 0 Å². The minimum atomic E-state index is -4.26. The molecule has 0 aliphatic carbocycles. The molecule has 0 aromatic heterocycles. The molecule has 7 heteroatoms. The Morgan fingerprint density at radius 3 is 2.00 bits per heavy atom. The molecule has 0 rings (SSSR count). The smallest absolute Gasteiger partial charge is 0.397 e. The Morgan fingerprint density at radius 2 is 1.93 bits per heavy atom. The zero-order valence-corrected chi connectivity index (χ0v) is 8.45. The summed E-state index contributed by atoms with van der Waals surface area (Å²) in [6, 6.07) is 0. The fourth-order valence-corrected chi connectivity index (χ4v) is 0.402. The molecule has 0 fully saturated rings. The summed E-state index contributed by atoms with van der Waals surface area (Å²) in [6.07, 6.45) is 1.22. The molecule has 14 heavy (non-hydrogen) atoms. The van der Waals surface area contributed by atoms with Crippen molar-refractivity contribution in [2.45, 2.75) is 6.92 Å². The van der Waals surface area contributed by atoms with Gasteiger partial charge >= 0.3 is 16.4 Å². The van der Waals surface area contributed by atoms with Crippen LogP contribution in [-0.2, 0) is 19.4 Å². The van der Waals surface area contributed by atoms with Crippen LogP contribution in [0, 0.1) is 0 Å². The van der Waals surface area contributed by atoms with Gasteiger partial charge < -0.3 is 5.11 Å². The van der Waals surface area contributed by atoms with Gasteiger partial charge in [-0.05, 0) is 6.92 Å². The summed E-state index contributed by atoms with van der Waals surface area (Å²) in [5, 5.41) is 7.89. The normalized spacial score (nSPS) is 9.57. The van der Waals surface area contributed by atoms with E-state index in [9.17, 15) is 13.2 Å². The van der Waals surface area contributed by atoms with Crippen molar-refractivity contribution >= 4 is 16.4 Å². The SMILES string of the molecule is C=C(C)C(=O)O.C=CCOS(=O)(=O)O. The van der Waals surface area contributed by atoms with E-state index in [4.69, 9.17) is 9.66 Å². The minimum absolute atomic E-state index is 0.176. The van der Waals surface area contributed by atoms with Crippen molar-refractivity contribution in [3.63, 3.8) is 0 Å². The van der Waals surface area contributed by atoms with Gasteiger partial charge in [0.25, 0.3) is 0 Å². The zero-order chi connectivity index (χ0) is 11.8. The summed E-state index contributed by atoms with van der Waals surface area (Å²) >= 11 is 0. The van der Waals surface area contributed by atoms with E-state index in [2.05, 4.69) is 17.3 Å². The third kappa shape index (κ3) is 17.1. The molecule has 0 saturated carbocycles. The van der Waals surface area contributed by atoms with Crippen molar-refractivity contribution in [1.82, 2.24) is 0 Å². The van der Waals surface area contributed by atoms with Crippen LogP contribution in [0.25, 0.3) is 0 Å². The lowest BCUT2D eigenvalue weighted by atomic mass is 10.4. The number of rotatable bonds is 4. The first-order valence-corrected chi connectivity index (χ1v) is 4.68. The van der Waals surface area contributed by atoms with Crippen LogP contribution >= 0.6 is 0 Å². The van der Waals surface area contributed by atoms with Crippen LogP contribution in [0.2, 0.25) is 0 Å². The van der Waals surface area contributed by atoms with Crippen LogP contribution in [0.15, 0.2) is 24.8 Å². The molecule has 0 saturated heterocycles. The highest BCUT2D eigenvalue weighted by atomic mass is 32.3. The molecule has 0 spiro atoms. The van der Waals surface area contributed by atoms with Gasteiger partial charge in [0.05, 0.1) is 6.61 Å². The Labute approximate surface area is 82.5 Å². The third-order valence-electron chi connectivity index (χ3n) is 0.700. The number of carboxylic acids is 1. The van der Waals surface area contributed by atoms with E-state index in [0.717, 1.165) is 0 Å². The third-order valence-corrected chi connectivity index (χ3v) is 1.13. The predicted molar refractivity (Wildman–Crippen MR) is 50.1 cm³/mol. The van der Waals surface area contributed by atoms with Gasteiger partial charge in [0, 0.05) is 5.57 Å². The molecular weight excluding hydrogens is 212 g/mol. The molecule has 0 radical (unpaired) electrons. The van der Waals surface area contributed by atoms with Gasteiger partial charge in [0.2, 0.25) is 0 Å². The summed E-state index contributed by atoms with van der Waals surface area (Å²) in [5.74, 6) is -0.935. The van der Waals surface area contributed by atoms with E-state index in [-0.39, 0.29) is 12.2 Å². The van der Waals surface area contributed by atoms with Gasteiger partial charge in [-0.2, -0.15) is 8.42 Å². The average molecular weight is 224 g/mol. The van der Waals surface area contributed by atoms with Gasteiger partial charge in [0.1, 0.15) is 0 Å². The maximum atomic E-state index is 9.68. The Bertz CT molecular complexity index is 290. The first-order valence-electron chi connectivity index (χ1n) is 3.32. The van der Waals surface area contributed by atoms with E-state index in [1.165, 1.54) is 13.0 Å². The molecule has 0 amide bonds. The van der Waals surface area contributed by atoms with E-state index in [1.807, 2.05) is 0 Å². The van der Waals surface area contributed by atoms with Gasteiger partial charge in [-0.15, -0.1) is 6.58 Å². The first-order chi connectivity index (χ1) is 6.20. The summed E-state index contributed by atoms with van der Waals surface area (Å²) < 4.78 is 31.0. The molecule has 6 nitrogen and oxygen atoms in total. The highest BCUT2D eigenvalue weighted by Crippen LogP contribution is 1.83. The molecule has 0 aliphatic rings. The molecule has 2 N–H and O–H groups in total. The van der Waals surface area contributed by atoms with Gasteiger partial charge in [-0.25, -0.2) is 8.98 Å². The van der Waals surface area contributed by atoms with Crippen LogP contribution in [0.5, 0.6) is 0 Å². The Balaban J connectivity index is 0. The van der Waals surface area contributed by atoms with Crippen molar-refractivity contribution in [2.75, 3.05) is 6.61 Å². The van der Waals surface area contributed by atoms with E-state index < -0.39 is 16.4 Å². The summed E-state index contributed by atoms with van der Waals surface area (Å²) in [6.45, 7) is 7.57. The molecule has 0 aromatic rings. The number of hydrogen-bond acceptors (Lipinski definition) is 4. The van der Waals surface area contributed by atoms with E-state index in [0.29, 0.717) is 0 Å². The molecular formula is C7H12O6S. The fraction of sp³-hybridized carbons (Fsp3) is 0.286. The standard InChI is InChI=1S/C4H6O2.C3H6O4S/c1-3(2)4(5)6;1-2-3-7-8(4,5)6/h1H2,2H3,(H,5,6);2H,1,3H2,(H,4,5,6). The predicted octanol–water partition coefficient (Wildman–Crippen LogP) is 0.639. The molecule has 0 aliphatic heterocycles. The summed E-state index contributed by atoms with van der Waals surface area (Å²) in [4.78, 5) is 9.60. The van der Waals surface area contributed by atoms with E-state index >= 15 is 0 Å². The topological polar surface area (TPSA) is 101 Å². The van der Waals surface area contributed by atoms with Crippen LogP contribution in [0.3, 0.4) is 0 Å². The van der Waals surface area contributed by atoms with Crippen molar-refractivity contribution < 1.29 is 27.1 Å². The highest BCUT2D eigenvalue weighted by molar-refractivity contribution is 7.80. The minimum Gasteiger partial charge on any atom is -0.478 e. The van der Waals surface area contributed by atoms with Gasteiger partial charge in [-0.3, -0.25) is 4.55 Å². The number of carbonyl (C=O) groups is 1. The maximum absolute atomic E-state index is 9.68. The molecule has 0 unspecified atom stereocenters. The number of carboxylic acid groups (broad SMARTS) is 1. The molecule has 0 heterocycles. The Morgan fingerprint density at radius 1 is 1.57 bits per heavy atom. The van der Waals surface area contributed by atoms with Crippen molar-refractivity contribution in [1.29, 1.82) is 0 Å². The zero-order valence-electron chi connectivity index (χ0n) is 7.63. The van der Waals surface area contributed by atoms with Crippen LogP contribution in [-0.4, -0.2) is 30.7 Å². The number of aliphatic carboxylic acids is 1. The van der Waals surface area contributed by atoms with Crippen molar-refractivity contribution in [3.8, 4) is 0 Å². The second-order valence-electron chi connectivity index (χ2n) is 2.09. The average Bonchev–Trinajstić information content (AvgIpc) is 2.00. The fourth-order valence-electron chi connectivity index (χ4n) is 0.134. The van der Waals surface area contributed by atoms with Crippen LogP contribution in [0.1, 0.15) is 6.92 Å². The first kappa shape index (κ1) is 15.3. The Hall–Kier alpha value is -1.18. The maximum Gasteiger partial charge on any atom is 0.397 e. The lowest BCUT2D eigenvalue weighted by Crippen LogP contribution is -2.02. The quantitative estimate of drug-likeness (QED) is 0.413. The molecule has 0 bridgehead atoms. The van der Waals surface area contributed by atoms with Gasteiger partial charge in [-0.1, -0.05) is 12.7 Å². The molecule has 82 valence electrons. The lowest BCUT2D eigenvalue weighted by molar-refractivity contribution is -0.132. The highest BCUT2D eigenvalue weighted by Gasteiger charge is 1.99. The largest absolute Gasteiger partial charge is 0.478 e. The summed E-state index contributed by atoms with van der Waals surface area (Å²) in [7, 11) is -4.26. The van der Waals surface area contributed by atoms with Crippen LogP contribution in [0.4, 0.5) is 0 Å². The Kier molecular flexibility index (Phi) is 7.92. The second kappa shape index (κ2) is 7.25. The second-order valence-corrected chi connectivity index (χ2v) is 3.18. The van der Waals surface area contributed by atoms with Crippen molar-refractivity contribution in [3.05, 3.63) is 24.8 Å². The van der Waals surface area contributed by atoms with E-state index in [1.54, 1.807) is 0 Å². The molecule has 0 atom stereocenters. The molecule has 0 aromatic carbocycles. The number of hydrogen-bond donors (Lipinski definition) is 2. The van der Waals surface area contributed by atoms with Crippen molar-refractivity contribution in [2.24, 2.45) is 0 Å². The van der Waals surface area contributed by atoms with Crippen LogP contribution < -0.4 is 0 Å². The monoisotopic (exact) mass is 224 g/mol. The summed E-state index contributed by atoms with van der Waals surface area (Å²) in [5.41, 5.74) is 0.176.